The summed E-state index contributed by atoms with van der Waals surface area (Å²) in [6.45, 7) is 5.41. The van der Waals surface area contributed by atoms with Crippen molar-refractivity contribution in [1.82, 2.24) is 10.6 Å². The Labute approximate surface area is 86.6 Å². The summed E-state index contributed by atoms with van der Waals surface area (Å²) in [7, 11) is 1.68. The van der Waals surface area contributed by atoms with Gasteiger partial charge in [-0.25, -0.2) is 0 Å². The van der Waals surface area contributed by atoms with Crippen LogP contribution in [0.5, 0.6) is 0 Å². The molecule has 82 valence electrons. The molecule has 0 saturated heterocycles. The standard InChI is InChI=1S/C11H22N2O/c1-11(2)7-4-5-9(11)13-8-6-10(14)12-3/h9,13H,4-8H2,1-3H3,(H,12,14). The van der Waals surface area contributed by atoms with Crippen LogP contribution in [0.4, 0.5) is 0 Å². The molecule has 0 aliphatic heterocycles. The highest BCUT2D eigenvalue weighted by molar-refractivity contribution is 5.75. The van der Waals surface area contributed by atoms with Gasteiger partial charge >= 0.3 is 0 Å². The van der Waals surface area contributed by atoms with Crippen molar-refractivity contribution >= 4 is 5.91 Å². The fourth-order valence-electron chi connectivity index (χ4n) is 2.19. The molecule has 1 aliphatic rings. The highest BCUT2D eigenvalue weighted by atomic mass is 16.1. The molecule has 14 heavy (non-hydrogen) atoms. The van der Waals surface area contributed by atoms with Crippen molar-refractivity contribution < 1.29 is 4.79 Å². The van der Waals surface area contributed by atoms with Crippen LogP contribution in [0.25, 0.3) is 0 Å². The second kappa shape index (κ2) is 4.78. The van der Waals surface area contributed by atoms with E-state index in [4.69, 9.17) is 0 Å². The van der Waals surface area contributed by atoms with Crippen molar-refractivity contribution in [3.05, 3.63) is 0 Å². The van der Waals surface area contributed by atoms with E-state index in [1.807, 2.05) is 0 Å². The molecule has 0 aromatic rings. The zero-order valence-corrected chi connectivity index (χ0v) is 9.52. The Morgan fingerprint density at radius 3 is 2.71 bits per heavy atom. The summed E-state index contributed by atoms with van der Waals surface area (Å²) < 4.78 is 0. The topological polar surface area (TPSA) is 41.1 Å². The maximum absolute atomic E-state index is 11.0. The van der Waals surface area contributed by atoms with Crippen molar-refractivity contribution in [2.75, 3.05) is 13.6 Å². The second-order valence-corrected chi connectivity index (χ2v) is 4.81. The lowest BCUT2D eigenvalue weighted by molar-refractivity contribution is -0.120. The minimum Gasteiger partial charge on any atom is -0.359 e. The first-order valence-corrected chi connectivity index (χ1v) is 5.50. The predicted molar refractivity (Wildman–Crippen MR) is 58.1 cm³/mol. The summed E-state index contributed by atoms with van der Waals surface area (Å²) in [6, 6.07) is 0.590. The van der Waals surface area contributed by atoms with E-state index in [-0.39, 0.29) is 5.91 Å². The number of nitrogens with one attached hydrogen (secondary N) is 2. The van der Waals surface area contributed by atoms with Gasteiger partial charge in [-0.3, -0.25) is 4.79 Å². The van der Waals surface area contributed by atoms with Crippen LogP contribution in [0.3, 0.4) is 0 Å². The Kier molecular flexibility index (Phi) is 3.93. The van der Waals surface area contributed by atoms with Crippen LogP contribution in [0.1, 0.15) is 39.5 Å². The Hall–Kier alpha value is -0.570. The highest BCUT2D eigenvalue weighted by Crippen LogP contribution is 2.36. The molecule has 1 atom stereocenters. The van der Waals surface area contributed by atoms with Gasteiger partial charge in [0.05, 0.1) is 0 Å². The minimum atomic E-state index is 0.119. The van der Waals surface area contributed by atoms with Crippen LogP contribution in [-0.2, 0) is 4.79 Å². The summed E-state index contributed by atoms with van der Waals surface area (Å²) in [5.41, 5.74) is 0.405. The molecule has 0 aromatic carbocycles. The average molecular weight is 198 g/mol. The quantitative estimate of drug-likeness (QED) is 0.714. The van der Waals surface area contributed by atoms with Gasteiger partial charge in [-0.05, 0) is 18.3 Å². The fourth-order valence-corrected chi connectivity index (χ4v) is 2.19. The van der Waals surface area contributed by atoms with Crippen molar-refractivity contribution in [3.63, 3.8) is 0 Å². The molecule has 0 aromatic heterocycles. The summed E-state index contributed by atoms with van der Waals surface area (Å²) in [4.78, 5) is 11.0. The van der Waals surface area contributed by atoms with Crippen LogP contribution in [-0.4, -0.2) is 25.5 Å². The highest BCUT2D eigenvalue weighted by Gasteiger charge is 2.33. The number of hydrogen-bond acceptors (Lipinski definition) is 2. The van der Waals surface area contributed by atoms with Gasteiger partial charge in [0, 0.05) is 26.1 Å². The number of carbonyl (C=O) groups excluding carboxylic acids is 1. The third-order valence-electron chi connectivity index (χ3n) is 3.28. The molecule has 2 N–H and O–H groups in total. The minimum absolute atomic E-state index is 0.119. The van der Waals surface area contributed by atoms with Gasteiger partial charge in [-0.2, -0.15) is 0 Å². The first-order valence-electron chi connectivity index (χ1n) is 5.50. The zero-order valence-electron chi connectivity index (χ0n) is 9.52. The molecule has 0 radical (unpaired) electrons. The molecule has 0 bridgehead atoms. The second-order valence-electron chi connectivity index (χ2n) is 4.81. The smallest absolute Gasteiger partial charge is 0.221 e. The van der Waals surface area contributed by atoms with E-state index in [9.17, 15) is 4.79 Å². The Bertz CT molecular complexity index is 201. The molecule has 3 nitrogen and oxygen atoms in total. The summed E-state index contributed by atoms with van der Waals surface area (Å²) in [5, 5.41) is 6.11. The molecule has 0 spiro atoms. The molecule has 1 unspecified atom stereocenters. The van der Waals surface area contributed by atoms with Crippen molar-refractivity contribution in [2.45, 2.75) is 45.6 Å². The van der Waals surface area contributed by atoms with Crippen LogP contribution >= 0.6 is 0 Å². The maximum Gasteiger partial charge on any atom is 0.221 e. The van der Waals surface area contributed by atoms with E-state index < -0.39 is 0 Å². The lowest BCUT2D eigenvalue weighted by atomic mass is 9.87. The van der Waals surface area contributed by atoms with Gasteiger partial charge in [-0.15, -0.1) is 0 Å². The molecule has 1 saturated carbocycles. The fraction of sp³-hybridized carbons (Fsp3) is 0.909. The Morgan fingerprint density at radius 1 is 1.50 bits per heavy atom. The van der Waals surface area contributed by atoms with Crippen molar-refractivity contribution in [3.8, 4) is 0 Å². The first-order chi connectivity index (χ1) is 6.56. The third kappa shape index (κ3) is 2.98. The molecule has 1 aliphatic carbocycles. The maximum atomic E-state index is 11.0. The van der Waals surface area contributed by atoms with Crippen LogP contribution < -0.4 is 10.6 Å². The van der Waals surface area contributed by atoms with E-state index in [1.54, 1.807) is 7.05 Å². The predicted octanol–water partition coefficient (Wildman–Crippen LogP) is 1.29. The van der Waals surface area contributed by atoms with Gasteiger partial charge < -0.3 is 10.6 Å². The van der Waals surface area contributed by atoms with E-state index in [1.165, 1.54) is 19.3 Å². The lowest BCUT2D eigenvalue weighted by Gasteiger charge is -2.27. The lowest BCUT2D eigenvalue weighted by Crippen LogP contribution is -2.39. The average Bonchev–Trinajstić information content (AvgIpc) is 2.45. The van der Waals surface area contributed by atoms with Gasteiger partial charge in [0.15, 0.2) is 0 Å². The van der Waals surface area contributed by atoms with Crippen molar-refractivity contribution in [1.29, 1.82) is 0 Å². The molecular weight excluding hydrogens is 176 g/mol. The van der Waals surface area contributed by atoms with Crippen molar-refractivity contribution in [2.24, 2.45) is 5.41 Å². The molecule has 1 amide bonds. The van der Waals surface area contributed by atoms with Gasteiger partial charge in [-0.1, -0.05) is 20.3 Å². The van der Waals surface area contributed by atoms with Crippen LogP contribution in [0.2, 0.25) is 0 Å². The third-order valence-corrected chi connectivity index (χ3v) is 3.28. The number of rotatable bonds is 4. The molecule has 3 heteroatoms. The first kappa shape index (κ1) is 11.5. The largest absolute Gasteiger partial charge is 0.359 e. The van der Waals surface area contributed by atoms with Crippen LogP contribution in [0, 0.1) is 5.41 Å². The molecule has 0 heterocycles. The van der Waals surface area contributed by atoms with Crippen LogP contribution in [0.15, 0.2) is 0 Å². The zero-order chi connectivity index (χ0) is 10.6. The van der Waals surface area contributed by atoms with E-state index in [0.29, 0.717) is 17.9 Å². The Morgan fingerprint density at radius 2 is 2.21 bits per heavy atom. The van der Waals surface area contributed by atoms with Gasteiger partial charge in [0.25, 0.3) is 0 Å². The normalized spacial score (nSPS) is 24.9. The SMILES string of the molecule is CNC(=O)CCNC1CCCC1(C)C. The summed E-state index contributed by atoms with van der Waals surface area (Å²) in [6.07, 6.45) is 4.44. The number of carbonyl (C=O) groups is 1. The molecular formula is C11H22N2O. The van der Waals surface area contributed by atoms with Gasteiger partial charge in [0.2, 0.25) is 5.91 Å². The number of hydrogen-bond donors (Lipinski definition) is 2. The molecule has 1 fully saturated rings. The van der Waals surface area contributed by atoms with E-state index in [2.05, 4.69) is 24.5 Å². The summed E-state index contributed by atoms with van der Waals surface area (Å²) >= 11 is 0. The Balaban J connectivity index is 2.21. The van der Waals surface area contributed by atoms with Gasteiger partial charge in [0.1, 0.15) is 0 Å². The monoisotopic (exact) mass is 198 g/mol. The molecule has 1 rings (SSSR count). The number of amides is 1. The van der Waals surface area contributed by atoms with E-state index in [0.717, 1.165) is 6.54 Å². The van der Waals surface area contributed by atoms with E-state index >= 15 is 0 Å². The summed E-state index contributed by atoms with van der Waals surface area (Å²) in [5.74, 6) is 0.119.